The van der Waals surface area contributed by atoms with E-state index >= 15 is 0 Å². The van der Waals surface area contributed by atoms with E-state index in [4.69, 9.17) is 14.2 Å². The molecule has 0 aliphatic rings. The summed E-state index contributed by atoms with van der Waals surface area (Å²) in [5, 5.41) is 0. The van der Waals surface area contributed by atoms with Crippen LogP contribution in [-0.2, 0) is 28.6 Å². The molecule has 0 saturated carbocycles. The third kappa shape index (κ3) is 49.7. The lowest BCUT2D eigenvalue weighted by molar-refractivity contribution is -0.167. The quantitative estimate of drug-likeness (QED) is 0.0262. The average Bonchev–Trinajstić information content (AvgIpc) is 3.28. The lowest BCUT2D eigenvalue weighted by atomic mass is 10.1. The molecule has 0 bridgehead atoms. The van der Waals surface area contributed by atoms with Crippen molar-refractivity contribution in [1.29, 1.82) is 0 Å². The molecule has 0 aromatic heterocycles. The molecule has 0 heterocycles. The van der Waals surface area contributed by atoms with Crippen LogP contribution in [0.15, 0.2) is 72.9 Å². The van der Waals surface area contributed by atoms with Gasteiger partial charge in [-0.25, -0.2) is 0 Å². The van der Waals surface area contributed by atoms with Gasteiger partial charge in [0.2, 0.25) is 0 Å². The molecule has 6 heteroatoms. The van der Waals surface area contributed by atoms with Gasteiger partial charge in [0.1, 0.15) is 13.2 Å². The van der Waals surface area contributed by atoms with E-state index in [-0.39, 0.29) is 31.1 Å². The lowest BCUT2D eigenvalue weighted by Gasteiger charge is -2.18. The maximum Gasteiger partial charge on any atom is 0.306 e. The van der Waals surface area contributed by atoms with E-state index in [1.165, 1.54) is 89.9 Å². The highest BCUT2D eigenvalue weighted by molar-refractivity contribution is 5.71. The minimum Gasteiger partial charge on any atom is -0.462 e. The number of carbonyl (C=O) groups excluding carboxylic acids is 3. The normalized spacial score (nSPS) is 12.6. The van der Waals surface area contributed by atoms with E-state index in [0.717, 1.165) is 122 Å². The van der Waals surface area contributed by atoms with Gasteiger partial charge in [-0.2, -0.15) is 0 Å². The molecule has 6 nitrogen and oxygen atoms in total. The molecule has 63 heavy (non-hydrogen) atoms. The first-order valence-electron chi connectivity index (χ1n) is 26.4. The van der Waals surface area contributed by atoms with E-state index in [0.29, 0.717) is 19.3 Å². The number of allylic oxidation sites excluding steroid dienone is 12. The molecular formula is C57H98O6. The summed E-state index contributed by atoms with van der Waals surface area (Å²) < 4.78 is 16.8. The van der Waals surface area contributed by atoms with Crippen LogP contribution in [0.5, 0.6) is 0 Å². The third-order valence-electron chi connectivity index (χ3n) is 11.2. The van der Waals surface area contributed by atoms with E-state index in [1.54, 1.807) is 0 Å². The van der Waals surface area contributed by atoms with Crippen LogP contribution in [-0.4, -0.2) is 37.2 Å². The molecule has 0 fully saturated rings. The Hall–Kier alpha value is -3.15. The fraction of sp³-hybridized carbons (Fsp3) is 0.737. The molecule has 0 rings (SSSR count). The first kappa shape index (κ1) is 59.9. The van der Waals surface area contributed by atoms with E-state index in [9.17, 15) is 14.4 Å². The van der Waals surface area contributed by atoms with Crippen LogP contribution >= 0.6 is 0 Å². The number of esters is 3. The van der Waals surface area contributed by atoms with Crippen LogP contribution in [0, 0.1) is 0 Å². The van der Waals surface area contributed by atoms with Crippen molar-refractivity contribution >= 4 is 17.9 Å². The summed E-state index contributed by atoms with van der Waals surface area (Å²) in [6.07, 6.45) is 64.5. The molecule has 1 unspecified atom stereocenters. The minimum absolute atomic E-state index is 0.0915. The lowest BCUT2D eigenvalue weighted by Crippen LogP contribution is -2.30. The Morgan fingerprint density at radius 2 is 0.619 bits per heavy atom. The Morgan fingerprint density at radius 3 is 1.00 bits per heavy atom. The van der Waals surface area contributed by atoms with Gasteiger partial charge in [0, 0.05) is 19.3 Å². The topological polar surface area (TPSA) is 78.9 Å². The van der Waals surface area contributed by atoms with Gasteiger partial charge < -0.3 is 14.2 Å². The van der Waals surface area contributed by atoms with Crippen molar-refractivity contribution < 1.29 is 28.6 Å². The van der Waals surface area contributed by atoms with Crippen LogP contribution in [0.3, 0.4) is 0 Å². The first-order chi connectivity index (χ1) is 31.0. The van der Waals surface area contributed by atoms with Gasteiger partial charge in [-0.05, 0) is 109 Å². The molecule has 362 valence electrons. The summed E-state index contributed by atoms with van der Waals surface area (Å²) in [5.41, 5.74) is 0. The van der Waals surface area contributed by atoms with Crippen LogP contribution in [0.4, 0.5) is 0 Å². The molecule has 1 atom stereocenters. The standard InChI is InChI=1S/C57H98O6/c1-4-7-10-13-16-19-22-25-28-30-32-35-38-41-44-47-50-56(59)62-53-54(52-61-55(58)49-46-43-40-37-34-31-27-24-21-18-15-12-9-6-3)63-57(60)51-48-45-42-39-36-33-29-26-23-20-17-14-11-8-5-2/h8,11,17,19-20,22,24,26-30,54H,4-7,9-10,12-16,18,21,23,25,31-53H2,1-3H3/b11-8-,20-17-,22-19-,27-24-,29-26-,30-28-. The number of ether oxygens (including phenoxy) is 3. The molecule has 0 aromatic rings. The Balaban J connectivity index is 4.45. The fourth-order valence-electron chi connectivity index (χ4n) is 7.19. The molecular weight excluding hydrogens is 781 g/mol. The van der Waals surface area contributed by atoms with Crippen molar-refractivity contribution in [2.75, 3.05) is 13.2 Å². The van der Waals surface area contributed by atoms with Crippen molar-refractivity contribution in [1.82, 2.24) is 0 Å². The Morgan fingerprint density at radius 1 is 0.333 bits per heavy atom. The highest BCUT2D eigenvalue weighted by atomic mass is 16.6. The highest BCUT2D eigenvalue weighted by Gasteiger charge is 2.19. The van der Waals surface area contributed by atoms with Gasteiger partial charge in [0.05, 0.1) is 0 Å². The van der Waals surface area contributed by atoms with E-state index in [1.807, 2.05) is 0 Å². The molecule has 0 N–H and O–H groups in total. The van der Waals surface area contributed by atoms with Gasteiger partial charge in [-0.1, -0.05) is 196 Å². The Labute approximate surface area is 389 Å². The first-order valence-corrected chi connectivity index (χ1v) is 26.4. The summed E-state index contributed by atoms with van der Waals surface area (Å²) >= 11 is 0. The van der Waals surface area contributed by atoms with Gasteiger partial charge >= 0.3 is 17.9 Å². The van der Waals surface area contributed by atoms with Gasteiger partial charge in [0.15, 0.2) is 6.10 Å². The van der Waals surface area contributed by atoms with Crippen molar-refractivity contribution in [3.05, 3.63) is 72.9 Å². The number of unbranched alkanes of at least 4 members (excludes halogenated alkanes) is 24. The zero-order chi connectivity index (χ0) is 45.8. The number of hydrogen-bond donors (Lipinski definition) is 0. The summed E-state index contributed by atoms with van der Waals surface area (Å²) in [6, 6.07) is 0. The van der Waals surface area contributed by atoms with E-state index < -0.39 is 6.10 Å². The van der Waals surface area contributed by atoms with Crippen molar-refractivity contribution in [3.63, 3.8) is 0 Å². The minimum atomic E-state index is -0.793. The SMILES string of the molecule is CC/C=C\C/C=C\C/C=C\CCCCCCCC(=O)OC(COC(=O)CCCCCCC/C=C\C/C=C\CCCCCC)COC(=O)CCCCCCC/C=C\CCCCCCC. The Kier molecular flexibility index (Phi) is 48.9. The predicted octanol–water partition coefficient (Wildman–Crippen LogP) is 17.4. The molecule has 0 aliphatic heterocycles. The van der Waals surface area contributed by atoms with Crippen LogP contribution < -0.4 is 0 Å². The average molecular weight is 879 g/mol. The van der Waals surface area contributed by atoms with Crippen molar-refractivity contribution in [2.24, 2.45) is 0 Å². The monoisotopic (exact) mass is 879 g/mol. The summed E-state index contributed by atoms with van der Waals surface area (Å²) in [6.45, 7) is 6.47. The molecule has 0 aliphatic carbocycles. The number of carbonyl (C=O) groups is 3. The molecule has 0 saturated heterocycles. The van der Waals surface area contributed by atoms with Gasteiger partial charge in [0.25, 0.3) is 0 Å². The van der Waals surface area contributed by atoms with E-state index in [2.05, 4.69) is 93.7 Å². The summed E-state index contributed by atoms with van der Waals surface area (Å²) in [4.78, 5) is 38.0. The second-order valence-electron chi connectivity index (χ2n) is 17.4. The maximum absolute atomic E-state index is 12.8. The molecule has 0 radical (unpaired) electrons. The fourth-order valence-corrected chi connectivity index (χ4v) is 7.19. The molecule has 0 amide bonds. The maximum atomic E-state index is 12.8. The van der Waals surface area contributed by atoms with Crippen molar-refractivity contribution in [2.45, 2.75) is 258 Å². The predicted molar refractivity (Wildman–Crippen MR) is 270 cm³/mol. The zero-order valence-corrected chi connectivity index (χ0v) is 41.3. The van der Waals surface area contributed by atoms with Crippen LogP contribution in [0.1, 0.15) is 252 Å². The van der Waals surface area contributed by atoms with Crippen LogP contribution in [0.25, 0.3) is 0 Å². The Bertz CT molecular complexity index is 1190. The molecule has 0 aromatic carbocycles. The van der Waals surface area contributed by atoms with Crippen molar-refractivity contribution in [3.8, 4) is 0 Å². The van der Waals surface area contributed by atoms with Gasteiger partial charge in [-0.3, -0.25) is 14.4 Å². The van der Waals surface area contributed by atoms with Gasteiger partial charge in [-0.15, -0.1) is 0 Å². The zero-order valence-electron chi connectivity index (χ0n) is 41.3. The third-order valence-corrected chi connectivity index (χ3v) is 11.2. The highest BCUT2D eigenvalue weighted by Crippen LogP contribution is 2.14. The number of hydrogen-bond acceptors (Lipinski definition) is 6. The smallest absolute Gasteiger partial charge is 0.306 e. The number of rotatable bonds is 47. The second kappa shape index (κ2) is 51.5. The molecule has 0 spiro atoms. The summed E-state index contributed by atoms with van der Waals surface area (Å²) in [7, 11) is 0. The largest absolute Gasteiger partial charge is 0.462 e. The second-order valence-corrected chi connectivity index (χ2v) is 17.4. The van der Waals surface area contributed by atoms with Crippen LogP contribution in [0.2, 0.25) is 0 Å². The summed E-state index contributed by atoms with van der Waals surface area (Å²) in [5.74, 6) is -0.928.